The molecule has 0 aliphatic carbocycles. The molecule has 10 heteroatoms. The number of halogens is 2. The minimum atomic E-state index is -3.80. The summed E-state index contributed by atoms with van der Waals surface area (Å²) in [7, 11) is -2.29. The Morgan fingerprint density at radius 3 is 2.24 bits per heavy atom. The molecule has 0 spiro atoms. The number of nitrogens with zero attached hydrogens (tertiary/aromatic N) is 2. The van der Waals surface area contributed by atoms with E-state index in [9.17, 15) is 22.4 Å². The van der Waals surface area contributed by atoms with E-state index in [1.807, 2.05) is 30.3 Å². The first-order valence-electron chi connectivity index (χ1n) is 12.1. The van der Waals surface area contributed by atoms with Gasteiger partial charge in [-0.3, -0.25) is 13.9 Å². The fourth-order valence-corrected chi connectivity index (χ4v) is 5.33. The predicted molar refractivity (Wildman–Crippen MR) is 148 cm³/mol. The summed E-state index contributed by atoms with van der Waals surface area (Å²) in [6.45, 7) is -0.0126. The van der Waals surface area contributed by atoms with Gasteiger partial charge < -0.3 is 10.2 Å². The molecule has 0 saturated heterocycles. The van der Waals surface area contributed by atoms with Crippen LogP contribution in [0.3, 0.4) is 0 Å². The lowest BCUT2D eigenvalue weighted by atomic mass is 10.0. The second-order valence-electron chi connectivity index (χ2n) is 8.82. The van der Waals surface area contributed by atoms with Crippen molar-refractivity contribution in [1.82, 2.24) is 10.2 Å². The first-order chi connectivity index (χ1) is 18.1. The maximum absolute atomic E-state index is 14.4. The zero-order chi connectivity index (χ0) is 27.7. The molecule has 0 radical (unpaired) electrons. The zero-order valence-electron chi connectivity index (χ0n) is 21.3. The number of para-hydroxylation sites is 1. The van der Waals surface area contributed by atoms with E-state index in [4.69, 9.17) is 11.6 Å². The van der Waals surface area contributed by atoms with E-state index in [2.05, 4.69) is 5.32 Å². The Hall–Kier alpha value is -3.43. The van der Waals surface area contributed by atoms with Crippen LogP contribution in [0.4, 0.5) is 10.1 Å². The lowest BCUT2D eigenvalue weighted by Crippen LogP contribution is -2.49. The number of benzene rings is 3. The number of nitrogens with one attached hydrogen (secondary N) is 1. The number of carbonyl (C=O) groups excluding carboxylic acids is 2. The first kappa shape index (κ1) is 29.1. The van der Waals surface area contributed by atoms with Gasteiger partial charge in [-0.2, -0.15) is 0 Å². The number of sulfonamides is 1. The van der Waals surface area contributed by atoms with Crippen LogP contribution in [-0.2, 0) is 32.6 Å². The molecule has 3 rings (SSSR count). The predicted octanol–water partition coefficient (Wildman–Crippen LogP) is 4.41. The van der Waals surface area contributed by atoms with Crippen LogP contribution in [-0.4, -0.2) is 51.0 Å². The van der Waals surface area contributed by atoms with Gasteiger partial charge in [-0.1, -0.05) is 72.3 Å². The molecule has 2 amide bonds. The number of carbonyl (C=O) groups is 2. The molecule has 0 unspecified atom stereocenters. The summed E-state index contributed by atoms with van der Waals surface area (Å²) >= 11 is 6.38. The second-order valence-corrected chi connectivity index (χ2v) is 11.1. The van der Waals surface area contributed by atoms with Gasteiger partial charge in [0.1, 0.15) is 11.9 Å². The van der Waals surface area contributed by atoms with E-state index < -0.39 is 21.9 Å². The highest BCUT2D eigenvalue weighted by Gasteiger charge is 2.30. The van der Waals surface area contributed by atoms with Gasteiger partial charge in [-0.25, -0.2) is 12.8 Å². The third-order valence-corrected chi connectivity index (χ3v) is 7.64. The van der Waals surface area contributed by atoms with Crippen molar-refractivity contribution in [2.75, 3.05) is 24.2 Å². The molecule has 0 fully saturated rings. The van der Waals surface area contributed by atoms with Crippen LogP contribution >= 0.6 is 11.6 Å². The largest absolute Gasteiger partial charge is 0.357 e. The maximum atomic E-state index is 14.4. The number of anilines is 1. The molecule has 0 aliphatic heterocycles. The van der Waals surface area contributed by atoms with Gasteiger partial charge in [0.25, 0.3) is 0 Å². The highest BCUT2D eigenvalue weighted by Crippen LogP contribution is 2.24. The molecule has 0 bridgehead atoms. The zero-order valence-corrected chi connectivity index (χ0v) is 22.9. The summed E-state index contributed by atoms with van der Waals surface area (Å²) in [6.07, 6.45) is 1.33. The van der Waals surface area contributed by atoms with Gasteiger partial charge in [0.15, 0.2) is 0 Å². The van der Waals surface area contributed by atoms with E-state index in [0.29, 0.717) is 10.6 Å². The lowest BCUT2D eigenvalue weighted by Gasteiger charge is -2.32. The lowest BCUT2D eigenvalue weighted by molar-refractivity contribution is -0.141. The van der Waals surface area contributed by atoms with Crippen molar-refractivity contribution < 1.29 is 22.4 Å². The third kappa shape index (κ3) is 7.79. The summed E-state index contributed by atoms with van der Waals surface area (Å²) in [5.41, 5.74) is 1.47. The van der Waals surface area contributed by atoms with Gasteiger partial charge in [0, 0.05) is 38.0 Å². The number of hydrogen-bond donors (Lipinski definition) is 1. The topological polar surface area (TPSA) is 86.8 Å². The van der Waals surface area contributed by atoms with E-state index in [1.54, 1.807) is 30.3 Å². The first-order valence-corrected chi connectivity index (χ1v) is 14.3. The van der Waals surface area contributed by atoms with Crippen LogP contribution in [0.15, 0.2) is 78.9 Å². The van der Waals surface area contributed by atoms with Crippen LogP contribution < -0.4 is 9.62 Å². The number of amides is 2. The summed E-state index contributed by atoms with van der Waals surface area (Å²) in [5.74, 6) is -1.36. The summed E-state index contributed by atoms with van der Waals surface area (Å²) in [4.78, 5) is 28.1. The smallest absolute Gasteiger partial charge is 0.242 e. The average molecular weight is 560 g/mol. The monoisotopic (exact) mass is 559 g/mol. The summed E-state index contributed by atoms with van der Waals surface area (Å²) in [6, 6.07) is 21.2. The van der Waals surface area contributed by atoms with Gasteiger partial charge in [0.05, 0.1) is 11.9 Å². The van der Waals surface area contributed by atoms with Crippen molar-refractivity contribution in [2.45, 2.75) is 31.8 Å². The Kier molecular flexibility index (Phi) is 10.3. The molecule has 0 saturated carbocycles. The Morgan fingerprint density at radius 1 is 0.974 bits per heavy atom. The van der Waals surface area contributed by atoms with Gasteiger partial charge in [0.2, 0.25) is 21.8 Å². The highest BCUT2D eigenvalue weighted by molar-refractivity contribution is 7.92. The Balaban J connectivity index is 1.86. The van der Waals surface area contributed by atoms with Crippen LogP contribution in [0, 0.1) is 5.82 Å². The molecular formula is C28H31ClFN3O4S. The second kappa shape index (κ2) is 13.4. The third-order valence-electron chi connectivity index (χ3n) is 6.09. The Morgan fingerprint density at radius 2 is 1.61 bits per heavy atom. The van der Waals surface area contributed by atoms with Crippen molar-refractivity contribution in [1.29, 1.82) is 0 Å². The standard InChI is InChI=1S/C28H31ClFN3O4S/c1-31-28(35)26(19-21-11-4-3-5-12-21)32(20-22-13-6-7-14-23(22)29)27(34)17-10-18-33(38(2,36)37)25-16-9-8-15-24(25)30/h3-9,11-16,26H,10,17-20H2,1-2H3,(H,31,35)/t26-/m0/s1. The molecule has 38 heavy (non-hydrogen) atoms. The van der Waals surface area contributed by atoms with Gasteiger partial charge in [-0.05, 0) is 35.7 Å². The molecule has 7 nitrogen and oxygen atoms in total. The van der Waals surface area contributed by atoms with Crippen LogP contribution in [0.1, 0.15) is 24.0 Å². The average Bonchev–Trinajstić information content (AvgIpc) is 2.89. The van der Waals surface area contributed by atoms with E-state index >= 15 is 0 Å². The Labute approximate surface area is 228 Å². The van der Waals surface area contributed by atoms with Crippen molar-refractivity contribution in [3.8, 4) is 0 Å². The van der Waals surface area contributed by atoms with Crippen molar-refractivity contribution in [3.05, 3.63) is 101 Å². The number of likely N-dealkylation sites (N-methyl/N-ethyl adjacent to an activating group) is 1. The molecule has 1 N–H and O–H groups in total. The van der Waals surface area contributed by atoms with E-state index in [-0.39, 0.29) is 49.9 Å². The highest BCUT2D eigenvalue weighted by atomic mass is 35.5. The van der Waals surface area contributed by atoms with Gasteiger partial charge >= 0.3 is 0 Å². The normalized spacial score (nSPS) is 12.0. The fraction of sp³-hybridized carbons (Fsp3) is 0.286. The minimum absolute atomic E-state index is 0.0623. The van der Waals surface area contributed by atoms with Crippen LogP contribution in [0.5, 0.6) is 0 Å². The molecule has 0 aliphatic rings. The SMILES string of the molecule is CNC(=O)[C@H](Cc1ccccc1)N(Cc1ccccc1Cl)C(=O)CCCN(c1ccccc1F)S(C)(=O)=O. The fourth-order valence-electron chi connectivity index (χ4n) is 4.17. The quantitative estimate of drug-likeness (QED) is 0.356. The van der Waals surface area contributed by atoms with Crippen molar-refractivity contribution in [3.63, 3.8) is 0 Å². The Bertz CT molecular complexity index is 1350. The molecular weight excluding hydrogens is 529 g/mol. The van der Waals surface area contributed by atoms with E-state index in [0.717, 1.165) is 16.1 Å². The van der Waals surface area contributed by atoms with Crippen LogP contribution in [0.25, 0.3) is 0 Å². The number of hydrogen-bond acceptors (Lipinski definition) is 4. The maximum Gasteiger partial charge on any atom is 0.242 e. The van der Waals surface area contributed by atoms with Gasteiger partial charge in [-0.15, -0.1) is 0 Å². The molecule has 3 aromatic rings. The molecule has 1 atom stereocenters. The molecule has 202 valence electrons. The summed E-state index contributed by atoms with van der Waals surface area (Å²) in [5, 5.41) is 3.11. The summed E-state index contributed by atoms with van der Waals surface area (Å²) < 4.78 is 40.1. The minimum Gasteiger partial charge on any atom is -0.357 e. The van der Waals surface area contributed by atoms with Crippen molar-refractivity contribution in [2.24, 2.45) is 0 Å². The van der Waals surface area contributed by atoms with Crippen molar-refractivity contribution >= 4 is 39.1 Å². The molecule has 0 aromatic heterocycles. The van der Waals surface area contributed by atoms with E-state index in [1.165, 1.54) is 30.1 Å². The van der Waals surface area contributed by atoms with Crippen LogP contribution in [0.2, 0.25) is 5.02 Å². The number of rotatable bonds is 12. The molecule has 0 heterocycles. The molecule has 3 aromatic carbocycles.